The fourth-order valence-corrected chi connectivity index (χ4v) is 1.80. The van der Waals surface area contributed by atoms with Crippen LogP contribution in [-0.2, 0) is 0 Å². The first-order chi connectivity index (χ1) is 8.17. The van der Waals surface area contributed by atoms with Crippen LogP contribution in [0.4, 0.5) is 5.69 Å². The number of rotatable bonds is 6. The van der Waals surface area contributed by atoms with Crippen molar-refractivity contribution >= 4 is 11.6 Å². The molecule has 17 heavy (non-hydrogen) atoms. The fourth-order valence-electron chi connectivity index (χ4n) is 1.80. The van der Waals surface area contributed by atoms with Crippen molar-refractivity contribution in [2.45, 2.75) is 26.7 Å². The Kier molecular flexibility index (Phi) is 5.53. The van der Waals surface area contributed by atoms with Crippen molar-refractivity contribution in [1.82, 2.24) is 5.32 Å². The molecule has 0 spiro atoms. The van der Waals surface area contributed by atoms with E-state index in [1.54, 1.807) is 7.05 Å². The molecule has 0 radical (unpaired) electrons. The van der Waals surface area contributed by atoms with Gasteiger partial charge in [-0.05, 0) is 30.5 Å². The van der Waals surface area contributed by atoms with Gasteiger partial charge in [0, 0.05) is 24.8 Å². The maximum atomic E-state index is 11.5. The van der Waals surface area contributed by atoms with Gasteiger partial charge >= 0.3 is 0 Å². The summed E-state index contributed by atoms with van der Waals surface area (Å²) in [6.07, 6.45) is 2.43. The normalized spacial score (nSPS) is 11.9. The van der Waals surface area contributed by atoms with E-state index in [-0.39, 0.29) is 5.91 Å². The summed E-state index contributed by atoms with van der Waals surface area (Å²) in [5.74, 6) is 0.610. The first-order valence-corrected chi connectivity index (χ1v) is 6.23. The molecule has 1 aromatic rings. The van der Waals surface area contributed by atoms with E-state index in [9.17, 15) is 4.79 Å². The van der Waals surface area contributed by atoms with Gasteiger partial charge in [0.25, 0.3) is 5.91 Å². The number of anilines is 1. The Labute approximate surface area is 104 Å². The van der Waals surface area contributed by atoms with Gasteiger partial charge in [0.2, 0.25) is 0 Å². The third-order valence-corrected chi connectivity index (χ3v) is 2.79. The van der Waals surface area contributed by atoms with E-state index in [4.69, 9.17) is 0 Å². The van der Waals surface area contributed by atoms with Crippen molar-refractivity contribution < 1.29 is 4.79 Å². The van der Waals surface area contributed by atoms with Gasteiger partial charge < -0.3 is 10.6 Å². The zero-order chi connectivity index (χ0) is 12.7. The van der Waals surface area contributed by atoms with Crippen molar-refractivity contribution in [2.24, 2.45) is 5.92 Å². The first-order valence-electron chi connectivity index (χ1n) is 6.23. The highest BCUT2D eigenvalue weighted by atomic mass is 16.1. The number of amides is 1. The predicted octanol–water partition coefficient (Wildman–Crippen LogP) is 2.89. The largest absolute Gasteiger partial charge is 0.385 e. The van der Waals surface area contributed by atoms with E-state index in [1.807, 2.05) is 24.3 Å². The Bertz CT molecular complexity index is 363. The molecule has 94 valence electrons. The number of hydrogen-bond donors (Lipinski definition) is 2. The summed E-state index contributed by atoms with van der Waals surface area (Å²) < 4.78 is 0. The molecule has 1 rings (SSSR count). The molecule has 2 N–H and O–H groups in total. The number of hydrogen-bond acceptors (Lipinski definition) is 2. The summed E-state index contributed by atoms with van der Waals surface area (Å²) in [6.45, 7) is 5.38. The number of carbonyl (C=O) groups excluding carboxylic acids is 1. The van der Waals surface area contributed by atoms with Crippen LogP contribution in [0.5, 0.6) is 0 Å². The quantitative estimate of drug-likeness (QED) is 0.794. The number of benzene rings is 1. The maximum absolute atomic E-state index is 11.5. The molecule has 1 amide bonds. The standard InChI is InChI=1S/C14H22N2O/c1-4-6-11(2)10-16-13-8-5-7-12(9-13)14(17)15-3/h5,7-9,11,16H,4,6,10H2,1-3H3,(H,15,17). The van der Waals surface area contributed by atoms with Crippen LogP contribution in [0.25, 0.3) is 0 Å². The molecular weight excluding hydrogens is 212 g/mol. The van der Waals surface area contributed by atoms with Crippen molar-refractivity contribution in [2.75, 3.05) is 18.9 Å². The van der Waals surface area contributed by atoms with Gasteiger partial charge in [0.1, 0.15) is 0 Å². The van der Waals surface area contributed by atoms with Crippen molar-refractivity contribution in [3.8, 4) is 0 Å². The molecule has 1 aromatic carbocycles. The van der Waals surface area contributed by atoms with E-state index in [2.05, 4.69) is 24.5 Å². The summed E-state index contributed by atoms with van der Waals surface area (Å²) in [6, 6.07) is 7.60. The molecule has 3 nitrogen and oxygen atoms in total. The summed E-state index contributed by atoms with van der Waals surface area (Å²) in [5, 5.41) is 6.00. The number of carbonyl (C=O) groups is 1. The van der Waals surface area contributed by atoms with Crippen molar-refractivity contribution in [1.29, 1.82) is 0 Å². The van der Waals surface area contributed by atoms with Gasteiger partial charge in [-0.15, -0.1) is 0 Å². The Hall–Kier alpha value is -1.51. The third-order valence-electron chi connectivity index (χ3n) is 2.79. The molecule has 3 heteroatoms. The molecular formula is C14H22N2O. The Balaban J connectivity index is 2.57. The highest BCUT2D eigenvalue weighted by Crippen LogP contribution is 2.12. The van der Waals surface area contributed by atoms with Gasteiger partial charge in [-0.25, -0.2) is 0 Å². The zero-order valence-corrected chi connectivity index (χ0v) is 10.9. The van der Waals surface area contributed by atoms with Gasteiger partial charge in [-0.2, -0.15) is 0 Å². The number of nitrogens with one attached hydrogen (secondary N) is 2. The SMILES string of the molecule is CCCC(C)CNc1cccc(C(=O)NC)c1. The summed E-state index contributed by atoms with van der Waals surface area (Å²) in [5.41, 5.74) is 1.70. The smallest absolute Gasteiger partial charge is 0.251 e. The van der Waals surface area contributed by atoms with E-state index < -0.39 is 0 Å². The fraction of sp³-hybridized carbons (Fsp3) is 0.500. The molecule has 1 atom stereocenters. The van der Waals surface area contributed by atoms with Gasteiger partial charge in [-0.3, -0.25) is 4.79 Å². The molecule has 0 aliphatic heterocycles. The van der Waals surface area contributed by atoms with E-state index >= 15 is 0 Å². The third kappa shape index (κ3) is 4.47. The molecule has 0 heterocycles. The van der Waals surface area contributed by atoms with E-state index in [1.165, 1.54) is 12.8 Å². The Morgan fingerprint density at radius 1 is 1.41 bits per heavy atom. The zero-order valence-electron chi connectivity index (χ0n) is 10.9. The second kappa shape index (κ2) is 6.94. The van der Waals surface area contributed by atoms with E-state index in [0.717, 1.165) is 12.2 Å². The van der Waals surface area contributed by atoms with Crippen LogP contribution in [-0.4, -0.2) is 19.5 Å². The van der Waals surface area contributed by atoms with Gasteiger partial charge in [-0.1, -0.05) is 26.3 Å². The molecule has 0 fully saturated rings. The van der Waals surface area contributed by atoms with E-state index in [0.29, 0.717) is 11.5 Å². The average Bonchev–Trinajstić information content (AvgIpc) is 2.36. The summed E-state index contributed by atoms with van der Waals surface area (Å²) in [4.78, 5) is 11.5. The minimum Gasteiger partial charge on any atom is -0.385 e. The average molecular weight is 234 g/mol. The molecule has 1 unspecified atom stereocenters. The van der Waals surface area contributed by atoms with Gasteiger partial charge in [0.15, 0.2) is 0 Å². The predicted molar refractivity (Wildman–Crippen MR) is 72.4 cm³/mol. The minimum atomic E-state index is -0.0461. The lowest BCUT2D eigenvalue weighted by Gasteiger charge is -2.13. The summed E-state index contributed by atoms with van der Waals surface area (Å²) >= 11 is 0. The van der Waals surface area contributed by atoms with Gasteiger partial charge in [0.05, 0.1) is 0 Å². The van der Waals surface area contributed by atoms with Crippen LogP contribution in [0, 0.1) is 5.92 Å². The molecule has 0 aliphatic rings. The molecule has 0 saturated heterocycles. The molecule has 0 saturated carbocycles. The highest BCUT2D eigenvalue weighted by Gasteiger charge is 2.04. The Morgan fingerprint density at radius 3 is 2.82 bits per heavy atom. The second-order valence-electron chi connectivity index (χ2n) is 4.43. The van der Waals surface area contributed by atoms with Crippen LogP contribution in [0.2, 0.25) is 0 Å². The van der Waals surface area contributed by atoms with Crippen LogP contribution >= 0.6 is 0 Å². The first kappa shape index (κ1) is 13.6. The van der Waals surface area contributed by atoms with Crippen molar-refractivity contribution in [3.63, 3.8) is 0 Å². The van der Waals surface area contributed by atoms with Crippen LogP contribution in [0.3, 0.4) is 0 Å². The maximum Gasteiger partial charge on any atom is 0.251 e. The molecule has 0 aliphatic carbocycles. The van der Waals surface area contributed by atoms with Crippen molar-refractivity contribution in [3.05, 3.63) is 29.8 Å². The van der Waals surface area contributed by atoms with Crippen LogP contribution in [0.1, 0.15) is 37.0 Å². The minimum absolute atomic E-state index is 0.0461. The molecule has 0 aromatic heterocycles. The monoisotopic (exact) mass is 234 g/mol. The second-order valence-corrected chi connectivity index (χ2v) is 4.43. The Morgan fingerprint density at radius 2 is 2.18 bits per heavy atom. The molecule has 0 bridgehead atoms. The van der Waals surface area contributed by atoms with Crippen LogP contribution < -0.4 is 10.6 Å². The highest BCUT2D eigenvalue weighted by molar-refractivity contribution is 5.94. The summed E-state index contributed by atoms with van der Waals surface area (Å²) in [7, 11) is 1.64. The lowest BCUT2D eigenvalue weighted by Crippen LogP contribution is -2.18. The topological polar surface area (TPSA) is 41.1 Å². The van der Waals surface area contributed by atoms with Crippen LogP contribution in [0.15, 0.2) is 24.3 Å². The lowest BCUT2D eigenvalue weighted by atomic mass is 10.1. The lowest BCUT2D eigenvalue weighted by molar-refractivity contribution is 0.0963.